The van der Waals surface area contributed by atoms with Gasteiger partial charge in [-0.2, -0.15) is 0 Å². The third kappa shape index (κ3) is 4.95. The SMILES string of the molecule is COc1ccc(/C=C/C(=O)c2ccc3c(c2)OCO3)cc1COc1ccc(Cl)cc1Cl. The van der Waals surface area contributed by atoms with E-state index in [4.69, 9.17) is 42.1 Å². The van der Waals surface area contributed by atoms with E-state index >= 15 is 0 Å². The molecule has 0 aromatic heterocycles. The molecular weight excluding hydrogens is 439 g/mol. The molecule has 0 spiro atoms. The number of halogens is 2. The number of carbonyl (C=O) groups excluding carboxylic acids is 1. The number of ether oxygens (including phenoxy) is 4. The van der Waals surface area contributed by atoms with Gasteiger partial charge in [-0.15, -0.1) is 0 Å². The maximum absolute atomic E-state index is 12.5. The van der Waals surface area contributed by atoms with Crippen LogP contribution in [-0.2, 0) is 6.61 Å². The van der Waals surface area contributed by atoms with Gasteiger partial charge in [0.15, 0.2) is 17.3 Å². The van der Waals surface area contributed by atoms with Crippen LogP contribution in [0.25, 0.3) is 6.08 Å². The van der Waals surface area contributed by atoms with Gasteiger partial charge in [-0.05, 0) is 60.2 Å². The minimum Gasteiger partial charge on any atom is -0.496 e. The first-order valence-corrected chi connectivity index (χ1v) is 10.2. The fourth-order valence-corrected chi connectivity index (χ4v) is 3.54. The molecule has 0 amide bonds. The van der Waals surface area contributed by atoms with Crippen molar-refractivity contribution in [2.75, 3.05) is 13.9 Å². The quantitative estimate of drug-likeness (QED) is 0.312. The van der Waals surface area contributed by atoms with Crippen molar-refractivity contribution in [1.82, 2.24) is 0 Å². The first-order chi connectivity index (χ1) is 15.0. The molecule has 1 aliphatic rings. The first kappa shape index (κ1) is 21.1. The minimum atomic E-state index is -0.139. The number of benzene rings is 3. The van der Waals surface area contributed by atoms with E-state index in [0.29, 0.717) is 38.6 Å². The molecule has 0 aliphatic carbocycles. The van der Waals surface area contributed by atoms with Crippen molar-refractivity contribution < 1.29 is 23.7 Å². The summed E-state index contributed by atoms with van der Waals surface area (Å²) in [6.07, 6.45) is 3.26. The molecule has 7 heteroatoms. The van der Waals surface area contributed by atoms with Gasteiger partial charge in [0, 0.05) is 16.1 Å². The second kappa shape index (κ2) is 9.33. The molecule has 158 valence electrons. The highest BCUT2D eigenvalue weighted by Crippen LogP contribution is 2.33. The molecule has 1 aliphatic heterocycles. The number of ketones is 1. The van der Waals surface area contributed by atoms with Crippen LogP contribution in [0.3, 0.4) is 0 Å². The van der Waals surface area contributed by atoms with Crippen LogP contribution in [0.15, 0.2) is 60.7 Å². The van der Waals surface area contributed by atoms with E-state index in [9.17, 15) is 4.79 Å². The number of rotatable bonds is 7. The fourth-order valence-electron chi connectivity index (χ4n) is 3.08. The predicted octanol–water partition coefficient (Wildman–Crippen LogP) is 6.21. The molecule has 0 saturated heterocycles. The summed E-state index contributed by atoms with van der Waals surface area (Å²) in [5.41, 5.74) is 2.16. The highest BCUT2D eigenvalue weighted by atomic mass is 35.5. The largest absolute Gasteiger partial charge is 0.496 e. The zero-order chi connectivity index (χ0) is 21.8. The summed E-state index contributed by atoms with van der Waals surface area (Å²) in [6, 6.07) is 15.7. The van der Waals surface area contributed by atoms with Crippen LogP contribution in [-0.4, -0.2) is 19.7 Å². The lowest BCUT2D eigenvalue weighted by Crippen LogP contribution is -2.00. The number of fused-ring (bicyclic) bond motifs is 1. The average molecular weight is 457 g/mol. The Balaban J connectivity index is 1.49. The Morgan fingerprint density at radius 3 is 2.61 bits per heavy atom. The van der Waals surface area contributed by atoms with Crippen molar-refractivity contribution in [3.8, 4) is 23.0 Å². The molecule has 0 atom stereocenters. The monoisotopic (exact) mass is 456 g/mol. The molecule has 0 fully saturated rings. The fraction of sp³-hybridized carbons (Fsp3) is 0.125. The lowest BCUT2D eigenvalue weighted by Gasteiger charge is -2.12. The normalized spacial score (nSPS) is 12.2. The molecule has 0 radical (unpaired) electrons. The maximum Gasteiger partial charge on any atom is 0.231 e. The van der Waals surface area contributed by atoms with Crippen molar-refractivity contribution in [1.29, 1.82) is 0 Å². The molecule has 1 heterocycles. The van der Waals surface area contributed by atoms with Crippen LogP contribution in [0.1, 0.15) is 21.5 Å². The first-order valence-electron chi connectivity index (χ1n) is 9.40. The number of allylic oxidation sites excluding steroid dienone is 1. The molecular formula is C24H18Cl2O5. The van der Waals surface area contributed by atoms with Gasteiger partial charge in [0.1, 0.15) is 18.1 Å². The van der Waals surface area contributed by atoms with Gasteiger partial charge in [0.05, 0.1) is 12.1 Å². The predicted molar refractivity (Wildman–Crippen MR) is 120 cm³/mol. The minimum absolute atomic E-state index is 0.139. The molecule has 5 nitrogen and oxygen atoms in total. The highest BCUT2D eigenvalue weighted by Gasteiger charge is 2.15. The van der Waals surface area contributed by atoms with Gasteiger partial charge < -0.3 is 18.9 Å². The van der Waals surface area contributed by atoms with Crippen LogP contribution in [0, 0.1) is 0 Å². The third-order valence-corrected chi connectivity index (χ3v) is 5.20. The Bertz CT molecular complexity index is 1160. The van der Waals surface area contributed by atoms with E-state index in [1.54, 1.807) is 49.6 Å². The van der Waals surface area contributed by atoms with Gasteiger partial charge >= 0.3 is 0 Å². The second-order valence-electron chi connectivity index (χ2n) is 6.70. The van der Waals surface area contributed by atoms with Crippen LogP contribution < -0.4 is 18.9 Å². The summed E-state index contributed by atoms with van der Waals surface area (Å²) in [4.78, 5) is 12.5. The Morgan fingerprint density at radius 2 is 1.81 bits per heavy atom. The number of methoxy groups -OCH3 is 1. The summed E-state index contributed by atoms with van der Waals surface area (Å²) in [7, 11) is 1.59. The summed E-state index contributed by atoms with van der Waals surface area (Å²) in [5.74, 6) is 2.27. The van der Waals surface area contributed by atoms with E-state index in [2.05, 4.69) is 0 Å². The van der Waals surface area contributed by atoms with Crippen LogP contribution >= 0.6 is 23.2 Å². The molecule has 0 N–H and O–H groups in total. The van der Waals surface area contributed by atoms with E-state index in [1.165, 1.54) is 6.08 Å². The second-order valence-corrected chi connectivity index (χ2v) is 7.54. The lowest BCUT2D eigenvalue weighted by atomic mass is 10.1. The van der Waals surface area contributed by atoms with E-state index in [1.807, 2.05) is 18.2 Å². The zero-order valence-corrected chi connectivity index (χ0v) is 18.1. The summed E-state index contributed by atoms with van der Waals surface area (Å²) in [5, 5.41) is 0.964. The van der Waals surface area contributed by atoms with Gasteiger partial charge in [-0.1, -0.05) is 35.3 Å². The Kier molecular flexibility index (Phi) is 6.35. The van der Waals surface area contributed by atoms with Gasteiger partial charge in [0.25, 0.3) is 0 Å². The van der Waals surface area contributed by atoms with E-state index in [0.717, 1.165) is 11.1 Å². The van der Waals surface area contributed by atoms with Crippen LogP contribution in [0.4, 0.5) is 0 Å². The van der Waals surface area contributed by atoms with Crippen molar-refractivity contribution >= 4 is 35.1 Å². The third-order valence-electron chi connectivity index (χ3n) is 4.67. The van der Waals surface area contributed by atoms with Crippen molar-refractivity contribution in [2.24, 2.45) is 0 Å². The van der Waals surface area contributed by atoms with E-state index in [-0.39, 0.29) is 19.2 Å². The van der Waals surface area contributed by atoms with Gasteiger partial charge in [0.2, 0.25) is 6.79 Å². The number of hydrogen-bond acceptors (Lipinski definition) is 5. The Morgan fingerprint density at radius 1 is 1.00 bits per heavy atom. The standard InChI is InChI=1S/C24H18Cl2O5/c1-28-21-7-3-15(10-17(21)13-29-22-9-5-18(25)12-19(22)26)2-6-20(27)16-4-8-23-24(11-16)31-14-30-23/h2-12H,13-14H2,1H3/b6-2+. The summed E-state index contributed by atoms with van der Waals surface area (Å²) < 4.78 is 21.9. The van der Waals surface area contributed by atoms with Crippen molar-refractivity contribution in [3.05, 3.63) is 87.4 Å². The summed E-state index contributed by atoms with van der Waals surface area (Å²) >= 11 is 12.1. The van der Waals surface area contributed by atoms with Crippen molar-refractivity contribution in [2.45, 2.75) is 6.61 Å². The number of carbonyl (C=O) groups is 1. The Hall–Kier alpha value is -3.15. The molecule has 31 heavy (non-hydrogen) atoms. The smallest absolute Gasteiger partial charge is 0.231 e. The molecule has 3 aromatic rings. The van der Waals surface area contributed by atoms with Crippen molar-refractivity contribution in [3.63, 3.8) is 0 Å². The highest BCUT2D eigenvalue weighted by molar-refractivity contribution is 6.35. The van der Waals surface area contributed by atoms with Crippen LogP contribution in [0.5, 0.6) is 23.0 Å². The Labute approximate surface area is 189 Å². The average Bonchev–Trinajstić information content (AvgIpc) is 3.25. The van der Waals surface area contributed by atoms with E-state index < -0.39 is 0 Å². The maximum atomic E-state index is 12.5. The lowest BCUT2D eigenvalue weighted by molar-refractivity contribution is 0.104. The zero-order valence-electron chi connectivity index (χ0n) is 16.6. The molecule has 0 saturated carbocycles. The number of hydrogen-bond donors (Lipinski definition) is 0. The summed E-state index contributed by atoms with van der Waals surface area (Å²) in [6.45, 7) is 0.406. The molecule has 3 aromatic carbocycles. The molecule has 4 rings (SSSR count). The topological polar surface area (TPSA) is 54.0 Å². The van der Waals surface area contributed by atoms with Crippen LogP contribution in [0.2, 0.25) is 10.0 Å². The van der Waals surface area contributed by atoms with Gasteiger partial charge in [-0.25, -0.2) is 0 Å². The molecule has 0 unspecified atom stereocenters. The molecule has 0 bridgehead atoms. The van der Waals surface area contributed by atoms with Gasteiger partial charge in [-0.3, -0.25) is 4.79 Å².